The van der Waals surface area contributed by atoms with Gasteiger partial charge in [-0.05, 0) is 31.0 Å². The summed E-state index contributed by atoms with van der Waals surface area (Å²) in [6.07, 6.45) is 0.718. The molecular formula is C15H20N2O5. The zero-order valence-electron chi connectivity index (χ0n) is 12.6. The second-order valence-electron chi connectivity index (χ2n) is 4.83. The van der Waals surface area contributed by atoms with E-state index in [1.807, 2.05) is 13.8 Å². The summed E-state index contributed by atoms with van der Waals surface area (Å²) in [5.41, 5.74) is 0.651. The van der Waals surface area contributed by atoms with Crippen LogP contribution in [0.4, 0.5) is 4.79 Å². The third-order valence-electron chi connectivity index (χ3n) is 2.89. The summed E-state index contributed by atoms with van der Waals surface area (Å²) in [4.78, 5) is 34.4. The molecule has 0 saturated heterocycles. The van der Waals surface area contributed by atoms with Gasteiger partial charge in [-0.3, -0.25) is 14.9 Å². The van der Waals surface area contributed by atoms with Gasteiger partial charge in [0, 0.05) is 6.04 Å². The van der Waals surface area contributed by atoms with Crippen LogP contribution in [0.5, 0.6) is 5.75 Å². The normalized spacial score (nSPS) is 11.4. The van der Waals surface area contributed by atoms with Crippen LogP contribution in [0.3, 0.4) is 0 Å². The summed E-state index contributed by atoms with van der Waals surface area (Å²) in [5.74, 6) is -1.19. The van der Waals surface area contributed by atoms with Crippen molar-refractivity contribution >= 4 is 17.9 Å². The van der Waals surface area contributed by atoms with Gasteiger partial charge < -0.3 is 15.2 Å². The second-order valence-corrected chi connectivity index (χ2v) is 4.83. The minimum Gasteiger partial charge on any atom is -0.508 e. The first-order chi connectivity index (χ1) is 10.4. The smallest absolute Gasteiger partial charge is 0.321 e. The number of phenols is 1. The number of imide groups is 1. The van der Waals surface area contributed by atoms with Crippen molar-refractivity contribution in [3.8, 4) is 5.75 Å². The zero-order chi connectivity index (χ0) is 16.5. The number of amides is 3. The lowest BCUT2D eigenvalue weighted by molar-refractivity contribution is -0.147. The van der Waals surface area contributed by atoms with Crippen molar-refractivity contribution in [3.05, 3.63) is 29.8 Å². The van der Waals surface area contributed by atoms with Gasteiger partial charge >= 0.3 is 12.0 Å². The molecule has 1 aromatic rings. The van der Waals surface area contributed by atoms with Gasteiger partial charge in [0.25, 0.3) is 5.91 Å². The summed E-state index contributed by atoms with van der Waals surface area (Å²) in [5, 5.41) is 13.8. The molecule has 1 aromatic carbocycles. The zero-order valence-corrected chi connectivity index (χ0v) is 12.6. The fraction of sp³-hybridized carbons (Fsp3) is 0.400. The molecule has 0 bridgehead atoms. The van der Waals surface area contributed by atoms with Crippen LogP contribution in [0.1, 0.15) is 25.8 Å². The fourth-order valence-corrected chi connectivity index (χ4v) is 1.50. The molecule has 1 rings (SSSR count). The minimum atomic E-state index is -0.695. The van der Waals surface area contributed by atoms with Crippen molar-refractivity contribution in [2.45, 2.75) is 32.7 Å². The molecule has 0 heterocycles. The lowest BCUT2D eigenvalue weighted by atomic mass is 10.1. The van der Waals surface area contributed by atoms with Crippen molar-refractivity contribution in [3.63, 3.8) is 0 Å². The maximum atomic E-state index is 11.5. The highest BCUT2D eigenvalue weighted by Gasteiger charge is 2.12. The fourth-order valence-electron chi connectivity index (χ4n) is 1.50. The molecule has 0 spiro atoms. The highest BCUT2D eigenvalue weighted by molar-refractivity contribution is 5.95. The van der Waals surface area contributed by atoms with E-state index in [0.29, 0.717) is 5.56 Å². The van der Waals surface area contributed by atoms with E-state index < -0.39 is 24.5 Å². The summed E-state index contributed by atoms with van der Waals surface area (Å²) >= 11 is 0. The van der Waals surface area contributed by atoms with Gasteiger partial charge in [0.05, 0.1) is 6.42 Å². The monoisotopic (exact) mass is 308 g/mol. The molecule has 0 radical (unpaired) electrons. The predicted octanol–water partition coefficient (Wildman–Crippen LogP) is 1.10. The number of rotatable bonds is 6. The Hall–Kier alpha value is -2.57. The number of phenolic OH excluding ortho intramolecular Hbond substituents is 1. The van der Waals surface area contributed by atoms with Crippen LogP contribution in [0, 0.1) is 0 Å². The molecule has 1 atom stereocenters. The number of hydrogen-bond acceptors (Lipinski definition) is 5. The Morgan fingerprint density at radius 2 is 1.86 bits per heavy atom. The Balaban J connectivity index is 2.30. The lowest BCUT2D eigenvalue weighted by Gasteiger charge is -2.11. The average molecular weight is 308 g/mol. The molecule has 0 aliphatic carbocycles. The molecule has 120 valence electrons. The van der Waals surface area contributed by atoms with Gasteiger partial charge in [-0.15, -0.1) is 0 Å². The quantitative estimate of drug-likeness (QED) is 0.683. The third kappa shape index (κ3) is 6.74. The van der Waals surface area contributed by atoms with Gasteiger partial charge in [0.2, 0.25) is 0 Å². The number of benzene rings is 1. The predicted molar refractivity (Wildman–Crippen MR) is 79.2 cm³/mol. The summed E-state index contributed by atoms with van der Waals surface area (Å²) in [6.45, 7) is 3.18. The number of ether oxygens (including phenoxy) is 1. The van der Waals surface area contributed by atoms with Crippen LogP contribution in [-0.4, -0.2) is 35.7 Å². The number of hydrogen-bond donors (Lipinski definition) is 3. The maximum Gasteiger partial charge on any atom is 0.321 e. The van der Waals surface area contributed by atoms with E-state index in [4.69, 9.17) is 9.84 Å². The SMILES string of the molecule is CC[C@@H](C)NC(=O)NC(=O)COC(=O)Cc1ccc(O)cc1. The first-order valence-corrected chi connectivity index (χ1v) is 6.94. The van der Waals surface area contributed by atoms with Crippen LogP contribution in [-0.2, 0) is 20.7 Å². The van der Waals surface area contributed by atoms with Crippen LogP contribution in [0.25, 0.3) is 0 Å². The molecule has 0 fully saturated rings. The topological polar surface area (TPSA) is 105 Å². The van der Waals surface area contributed by atoms with Gasteiger partial charge in [0.1, 0.15) is 5.75 Å². The van der Waals surface area contributed by atoms with Crippen LogP contribution < -0.4 is 10.6 Å². The van der Waals surface area contributed by atoms with Crippen molar-refractivity contribution in [1.82, 2.24) is 10.6 Å². The number of carbonyl (C=O) groups excluding carboxylic acids is 3. The van der Waals surface area contributed by atoms with E-state index in [9.17, 15) is 14.4 Å². The number of carbonyl (C=O) groups is 3. The van der Waals surface area contributed by atoms with Crippen molar-refractivity contribution < 1.29 is 24.2 Å². The molecule has 0 aromatic heterocycles. The Labute approximate surface area is 128 Å². The molecule has 3 amide bonds. The lowest BCUT2D eigenvalue weighted by Crippen LogP contribution is -2.44. The van der Waals surface area contributed by atoms with E-state index in [2.05, 4.69) is 10.6 Å². The van der Waals surface area contributed by atoms with E-state index in [1.165, 1.54) is 12.1 Å². The molecule has 7 heteroatoms. The van der Waals surface area contributed by atoms with Crippen LogP contribution in [0.2, 0.25) is 0 Å². The summed E-state index contributed by atoms with van der Waals surface area (Å²) in [7, 11) is 0. The Kier molecular flexibility index (Phi) is 6.88. The molecule has 0 saturated carbocycles. The van der Waals surface area contributed by atoms with Crippen molar-refractivity contribution in [2.24, 2.45) is 0 Å². The van der Waals surface area contributed by atoms with E-state index >= 15 is 0 Å². The van der Waals surface area contributed by atoms with Crippen LogP contribution >= 0.6 is 0 Å². The molecule has 7 nitrogen and oxygen atoms in total. The van der Waals surface area contributed by atoms with Crippen molar-refractivity contribution in [1.29, 1.82) is 0 Å². The molecular weight excluding hydrogens is 288 g/mol. The minimum absolute atomic E-state index is 0.0212. The third-order valence-corrected chi connectivity index (χ3v) is 2.89. The number of esters is 1. The molecule has 0 aliphatic heterocycles. The standard InChI is InChI=1S/C15H20N2O5/c1-3-10(2)16-15(21)17-13(19)9-22-14(20)8-11-4-6-12(18)7-5-11/h4-7,10,18H,3,8-9H2,1-2H3,(H2,16,17,19,21)/t10-/m1/s1. The number of nitrogens with one attached hydrogen (secondary N) is 2. The molecule has 22 heavy (non-hydrogen) atoms. The molecule has 0 aliphatic rings. The van der Waals surface area contributed by atoms with Gasteiger partial charge in [-0.1, -0.05) is 19.1 Å². The Morgan fingerprint density at radius 1 is 1.23 bits per heavy atom. The number of urea groups is 1. The van der Waals surface area contributed by atoms with E-state index in [-0.39, 0.29) is 18.2 Å². The largest absolute Gasteiger partial charge is 0.508 e. The van der Waals surface area contributed by atoms with Gasteiger partial charge in [-0.25, -0.2) is 4.79 Å². The summed E-state index contributed by atoms with van der Waals surface area (Å²) in [6, 6.07) is 5.40. The highest BCUT2D eigenvalue weighted by atomic mass is 16.5. The number of aromatic hydroxyl groups is 1. The molecule has 0 unspecified atom stereocenters. The van der Waals surface area contributed by atoms with Crippen molar-refractivity contribution in [2.75, 3.05) is 6.61 Å². The highest BCUT2D eigenvalue weighted by Crippen LogP contribution is 2.10. The maximum absolute atomic E-state index is 11.5. The first kappa shape index (κ1) is 17.5. The van der Waals surface area contributed by atoms with E-state index in [0.717, 1.165) is 6.42 Å². The Bertz CT molecular complexity index is 527. The first-order valence-electron chi connectivity index (χ1n) is 6.94. The van der Waals surface area contributed by atoms with E-state index in [1.54, 1.807) is 12.1 Å². The molecule has 3 N–H and O–H groups in total. The van der Waals surface area contributed by atoms with Gasteiger partial charge in [-0.2, -0.15) is 0 Å². The Morgan fingerprint density at radius 3 is 2.45 bits per heavy atom. The average Bonchev–Trinajstić information content (AvgIpc) is 2.47. The van der Waals surface area contributed by atoms with Gasteiger partial charge in [0.15, 0.2) is 6.61 Å². The second kappa shape index (κ2) is 8.66. The van der Waals surface area contributed by atoms with Crippen LogP contribution in [0.15, 0.2) is 24.3 Å². The summed E-state index contributed by atoms with van der Waals surface area (Å²) < 4.78 is 4.78.